The van der Waals surface area contributed by atoms with Crippen molar-refractivity contribution in [2.45, 2.75) is 24.8 Å². The molecule has 1 aromatic carbocycles. The maximum absolute atomic E-state index is 13.2. The van der Waals surface area contributed by atoms with Gasteiger partial charge in [-0.3, -0.25) is 9.78 Å². The predicted molar refractivity (Wildman–Crippen MR) is 102 cm³/mol. The number of benzene rings is 1. The molecule has 1 N–H and O–H groups in total. The number of anilines is 1. The summed E-state index contributed by atoms with van der Waals surface area (Å²) >= 11 is 0. The van der Waals surface area contributed by atoms with Gasteiger partial charge in [0.1, 0.15) is 0 Å². The third-order valence-electron chi connectivity index (χ3n) is 5.68. The number of nitrogens with one attached hydrogen (secondary N) is 1. The highest BCUT2D eigenvalue weighted by Gasteiger charge is 2.61. The molecule has 1 spiro atoms. The summed E-state index contributed by atoms with van der Waals surface area (Å²) in [5.41, 5.74) is 1.36. The van der Waals surface area contributed by atoms with Gasteiger partial charge in [0.2, 0.25) is 5.91 Å². The largest absolute Gasteiger partial charge is 0.325 e. The summed E-state index contributed by atoms with van der Waals surface area (Å²) < 4.78 is 29.2. The number of carbonyl (C=O) groups excluding carboxylic acids is 1. The Morgan fingerprint density at radius 2 is 2.07 bits per heavy atom. The molecule has 2 atom stereocenters. The predicted octanol–water partition coefficient (Wildman–Crippen LogP) is 1.91. The van der Waals surface area contributed by atoms with E-state index in [9.17, 15) is 13.2 Å². The molecule has 2 aliphatic heterocycles. The number of carbonyl (C=O) groups is 1. The van der Waals surface area contributed by atoms with Crippen molar-refractivity contribution in [3.05, 3.63) is 59.9 Å². The van der Waals surface area contributed by atoms with E-state index in [0.717, 1.165) is 16.8 Å². The Morgan fingerprint density at radius 1 is 1.30 bits per heavy atom. The first-order chi connectivity index (χ1) is 12.9. The molecule has 1 aromatic heterocycles. The number of para-hydroxylation sites is 1. The molecule has 2 aromatic rings. The molecule has 3 heterocycles. The van der Waals surface area contributed by atoms with Gasteiger partial charge in [-0.05, 0) is 29.7 Å². The number of rotatable bonds is 4. The lowest BCUT2D eigenvalue weighted by molar-refractivity contribution is -0.121. The van der Waals surface area contributed by atoms with Crippen LogP contribution in [0.15, 0.2) is 48.8 Å². The fourth-order valence-electron chi connectivity index (χ4n) is 4.23. The zero-order chi connectivity index (χ0) is 19.2. The Bertz CT molecular complexity index is 979. The van der Waals surface area contributed by atoms with Crippen molar-refractivity contribution in [1.82, 2.24) is 13.6 Å². The summed E-state index contributed by atoms with van der Waals surface area (Å²) in [6, 6.07) is 10.5. The van der Waals surface area contributed by atoms with Crippen molar-refractivity contribution >= 4 is 21.8 Å². The number of aromatic nitrogens is 1. The highest BCUT2D eigenvalue weighted by Crippen LogP contribution is 2.55. The third kappa shape index (κ3) is 2.51. The monoisotopic (exact) mass is 386 g/mol. The van der Waals surface area contributed by atoms with Gasteiger partial charge in [-0.25, -0.2) is 0 Å². The van der Waals surface area contributed by atoms with Crippen molar-refractivity contribution in [1.29, 1.82) is 0 Å². The average molecular weight is 386 g/mol. The van der Waals surface area contributed by atoms with Crippen molar-refractivity contribution in [2.75, 3.05) is 25.5 Å². The lowest BCUT2D eigenvalue weighted by Gasteiger charge is -2.35. The summed E-state index contributed by atoms with van der Waals surface area (Å²) in [5, 5.41) is 2.95. The second-order valence-corrected chi connectivity index (χ2v) is 8.93. The van der Waals surface area contributed by atoms with Crippen molar-refractivity contribution in [3.8, 4) is 0 Å². The highest BCUT2D eigenvalue weighted by atomic mass is 32.2. The second-order valence-electron chi connectivity index (χ2n) is 6.94. The lowest BCUT2D eigenvalue weighted by Crippen LogP contribution is -2.46. The van der Waals surface area contributed by atoms with E-state index in [1.54, 1.807) is 32.4 Å². The van der Waals surface area contributed by atoms with Gasteiger partial charge in [-0.2, -0.15) is 17.0 Å². The molecule has 0 bridgehead atoms. The highest BCUT2D eigenvalue weighted by molar-refractivity contribution is 7.86. The Labute approximate surface area is 159 Å². The van der Waals surface area contributed by atoms with Gasteiger partial charge in [0.05, 0.1) is 11.5 Å². The number of amides is 1. The van der Waals surface area contributed by atoms with Gasteiger partial charge in [0.25, 0.3) is 10.2 Å². The van der Waals surface area contributed by atoms with Crippen LogP contribution < -0.4 is 5.32 Å². The average Bonchev–Trinajstić information content (AvgIpc) is 3.22. The van der Waals surface area contributed by atoms with E-state index in [1.807, 2.05) is 30.3 Å². The minimum atomic E-state index is -3.72. The topological polar surface area (TPSA) is 82.6 Å². The molecule has 27 heavy (non-hydrogen) atoms. The molecule has 7 nitrogen and oxygen atoms in total. The third-order valence-corrected chi connectivity index (χ3v) is 7.71. The fraction of sp³-hybridized carbons (Fsp3) is 0.368. The first-order valence-corrected chi connectivity index (χ1v) is 10.4. The second kappa shape index (κ2) is 6.40. The molecular formula is C19H22N4O3S. The smallest absolute Gasteiger partial charge is 0.282 e. The van der Waals surface area contributed by atoms with Gasteiger partial charge in [-0.1, -0.05) is 31.2 Å². The first-order valence-electron chi connectivity index (χ1n) is 8.97. The Balaban J connectivity index is 1.93. The molecule has 0 radical (unpaired) electrons. The summed E-state index contributed by atoms with van der Waals surface area (Å²) in [6.07, 6.45) is 3.72. The van der Waals surface area contributed by atoms with Crippen LogP contribution in [0.25, 0.3) is 0 Å². The van der Waals surface area contributed by atoms with E-state index in [4.69, 9.17) is 0 Å². The van der Waals surface area contributed by atoms with Crippen LogP contribution in [0.4, 0.5) is 5.69 Å². The van der Waals surface area contributed by atoms with E-state index >= 15 is 0 Å². The molecular weight excluding hydrogens is 364 g/mol. The van der Waals surface area contributed by atoms with Crippen LogP contribution in [0.3, 0.4) is 0 Å². The van der Waals surface area contributed by atoms with Gasteiger partial charge >= 0.3 is 0 Å². The Hall–Kier alpha value is -2.29. The van der Waals surface area contributed by atoms with Crippen LogP contribution in [0.1, 0.15) is 30.5 Å². The zero-order valence-electron chi connectivity index (χ0n) is 15.3. The Kier molecular flexibility index (Phi) is 4.29. The quantitative estimate of drug-likeness (QED) is 0.870. The molecule has 2 aliphatic rings. The Morgan fingerprint density at radius 3 is 2.78 bits per heavy atom. The van der Waals surface area contributed by atoms with Gasteiger partial charge in [0.15, 0.2) is 0 Å². The minimum Gasteiger partial charge on any atom is -0.325 e. The fourth-order valence-corrected chi connectivity index (χ4v) is 5.81. The molecule has 8 heteroatoms. The van der Waals surface area contributed by atoms with Crippen LogP contribution in [0.2, 0.25) is 0 Å². The molecule has 1 amide bonds. The van der Waals surface area contributed by atoms with Crippen molar-refractivity contribution in [3.63, 3.8) is 0 Å². The first kappa shape index (κ1) is 18.1. The van der Waals surface area contributed by atoms with E-state index in [1.165, 1.54) is 8.61 Å². The maximum Gasteiger partial charge on any atom is 0.282 e. The van der Waals surface area contributed by atoms with Crippen molar-refractivity contribution in [2.24, 2.45) is 0 Å². The van der Waals surface area contributed by atoms with Crippen LogP contribution in [0, 0.1) is 0 Å². The van der Waals surface area contributed by atoms with Crippen LogP contribution in [0.5, 0.6) is 0 Å². The van der Waals surface area contributed by atoms with Crippen LogP contribution >= 0.6 is 0 Å². The number of pyridine rings is 1. The molecule has 1 fully saturated rings. The van der Waals surface area contributed by atoms with E-state index in [2.05, 4.69) is 10.3 Å². The summed E-state index contributed by atoms with van der Waals surface area (Å²) in [7, 11) is -2.16. The normalized spacial score (nSPS) is 25.1. The molecule has 2 unspecified atom stereocenters. The SMILES string of the molecule is CCN(C)S(=O)(=O)N1CCC2(C(=O)Nc3ccccc32)C1c1cccnc1. The molecule has 0 aliphatic carbocycles. The standard InChI is InChI=1S/C19H22N4O3S/c1-3-22(2)27(25,26)23-12-10-19(17(23)14-7-6-11-20-13-14)15-8-4-5-9-16(15)21-18(19)24/h4-9,11,13,17H,3,10,12H2,1-2H3,(H,21,24). The molecule has 142 valence electrons. The molecule has 1 saturated heterocycles. The number of nitrogens with zero attached hydrogens (tertiary/aromatic N) is 3. The minimum absolute atomic E-state index is 0.158. The van der Waals surface area contributed by atoms with Crippen LogP contribution in [-0.4, -0.2) is 48.1 Å². The number of hydrogen-bond acceptors (Lipinski definition) is 4. The molecule has 4 rings (SSSR count). The number of hydrogen-bond donors (Lipinski definition) is 1. The van der Waals surface area contributed by atoms with E-state index in [0.29, 0.717) is 13.0 Å². The lowest BCUT2D eigenvalue weighted by atomic mass is 9.73. The van der Waals surface area contributed by atoms with Gasteiger partial charge in [-0.15, -0.1) is 0 Å². The van der Waals surface area contributed by atoms with E-state index in [-0.39, 0.29) is 12.5 Å². The van der Waals surface area contributed by atoms with Gasteiger partial charge in [0, 0.05) is 38.2 Å². The zero-order valence-corrected chi connectivity index (χ0v) is 16.1. The van der Waals surface area contributed by atoms with E-state index < -0.39 is 21.7 Å². The molecule has 0 saturated carbocycles. The van der Waals surface area contributed by atoms with Crippen molar-refractivity contribution < 1.29 is 13.2 Å². The summed E-state index contributed by atoms with van der Waals surface area (Å²) in [6.45, 7) is 2.42. The van der Waals surface area contributed by atoms with Gasteiger partial charge < -0.3 is 5.32 Å². The number of fused-ring (bicyclic) bond motifs is 2. The van der Waals surface area contributed by atoms with Crippen LogP contribution in [-0.2, 0) is 20.4 Å². The summed E-state index contributed by atoms with van der Waals surface area (Å²) in [4.78, 5) is 17.4. The summed E-state index contributed by atoms with van der Waals surface area (Å²) in [5.74, 6) is -0.158. The maximum atomic E-state index is 13.2.